The van der Waals surface area contributed by atoms with Gasteiger partial charge in [0, 0.05) is 32.4 Å². The second-order valence-corrected chi connectivity index (χ2v) is 9.99. The first-order chi connectivity index (χ1) is 14.8. The van der Waals surface area contributed by atoms with Gasteiger partial charge >= 0.3 is 11.9 Å². The number of likely N-dealkylation sites (tertiary alicyclic amines) is 1. The van der Waals surface area contributed by atoms with Crippen LogP contribution in [0.2, 0.25) is 0 Å². The summed E-state index contributed by atoms with van der Waals surface area (Å²) in [6, 6.07) is -0.472. The number of aliphatic hydroxyl groups is 1. The Morgan fingerprint density at radius 3 is 2.55 bits per heavy atom. The number of piperidine rings is 1. The zero-order valence-electron chi connectivity index (χ0n) is 17.8. The average molecular weight is 435 g/mol. The standard InChI is InChI=1S/C22H29NO8/c1-11-15-13-9-12(20(26)29-13)16(23-5-3-22(4-6-23)27-7-8-28-22)17(24)18-21(2,31-18)10-14(15)30-19(11)25/h9,11-12,14-18,24H,3-8,10H2,1-2H3. The van der Waals surface area contributed by atoms with Gasteiger partial charge in [-0.25, -0.2) is 0 Å². The van der Waals surface area contributed by atoms with Crippen molar-refractivity contribution in [3.05, 3.63) is 11.8 Å². The number of fused-ring (bicyclic) bond motifs is 4. The summed E-state index contributed by atoms with van der Waals surface area (Å²) in [6.45, 7) is 6.24. The number of hydrogen-bond acceptors (Lipinski definition) is 9. The van der Waals surface area contributed by atoms with Gasteiger partial charge in [0.05, 0.1) is 48.7 Å². The fourth-order valence-electron chi connectivity index (χ4n) is 6.31. The Hall–Kier alpha value is -1.52. The van der Waals surface area contributed by atoms with E-state index in [0.29, 0.717) is 51.3 Å². The van der Waals surface area contributed by atoms with E-state index in [1.807, 2.05) is 19.9 Å². The molecule has 0 radical (unpaired) electrons. The number of epoxide rings is 1. The zero-order valence-corrected chi connectivity index (χ0v) is 17.8. The number of rotatable bonds is 1. The summed E-state index contributed by atoms with van der Waals surface area (Å²) in [6.07, 6.45) is 1.92. The lowest BCUT2D eigenvalue weighted by molar-refractivity contribution is -0.192. The predicted molar refractivity (Wildman–Crippen MR) is 103 cm³/mol. The molecule has 4 fully saturated rings. The van der Waals surface area contributed by atoms with E-state index in [1.165, 1.54) is 0 Å². The minimum atomic E-state index is -0.872. The third kappa shape index (κ3) is 3.01. The van der Waals surface area contributed by atoms with Crippen LogP contribution >= 0.6 is 0 Å². The molecule has 8 atom stereocenters. The maximum Gasteiger partial charge on any atom is 0.319 e. The van der Waals surface area contributed by atoms with Crippen molar-refractivity contribution in [2.75, 3.05) is 26.3 Å². The van der Waals surface area contributed by atoms with E-state index >= 15 is 0 Å². The van der Waals surface area contributed by atoms with Gasteiger partial charge in [-0.2, -0.15) is 0 Å². The van der Waals surface area contributed by atoms with Crippen LogP contribution < -0.4 is 0 Å². The first kappa shape index (κ1) is 20.1. The molecule has 0 amide bonds. The number of nitrogens with zero attached hydrogens (tertiary/aromatic N) is 1. The van der Waals surface area contributed by atoms with Crippen LogP contribution in [-0.2, 0) is 33.3 Å². The second-order valence-electron chi connectivity index (χ2n) is 9.99. The Balaban J connectivity index is 1.33. The summed E-state index contributed by atoms with van der Waals surface area (Å²) in [5, 5.41) is 11.4. The van der Waals surface area contributed by atoms with Crippen LogP contribution in [0.1, 0.15) is 33.1 Å². The molecule has 0 aromatic heterocycles. The van der Waals surface area contributed by atoms with E-state index in [2.05, 4.69) is 4.90 Å². The molecule has 5 aliphatic heterocycles. The molecule has 31 heavy (non-hydrogen) atoms. The molecule has 1 N–H and O–H groups in total. The van der Waals surface area contributed by atoms with Crippen LogP contribution in [0.4, 0.5) is 0 Å². The lowest BCUT2D eigenvalue weighted by atomic mass is 9.80. The van der Waals surface area contributed by atoms with Crippen molar-refractivity contribution in [2.45, 2.75) is 68.9 Å². The van der Waals surface area contributed by atoms with Gasteiger partial charge in [-0.1, -0.05) is 6.92 Å². The summed E-state index contributed by atoms with van der Waals surface area (Å²) in [4.78, 5) is 27.4. The van der Waals surface area contributed by atoms with E-state index in [-0.39, 0.29) is 17.9 Å². The van der Waals surface area contributed by atoms with Crippen LogP contribution in [0.15, 0.2) is 11.8 Å². The van der Waals surface area contributed by atoms with Crippen molar-refractivity contribution < 1.29 is 38.4 Å². The van der Waals surface area contributed by atoms with Crippen LogP contribution in [0.25, 0.3) is 0 Å². The SMILES string of the molecule is CC1C(=O)OC2CC3(C)OC3C(O)C(N3CCC4(CC3)OCCO4)C3C=C(OC3=O)C21. The van der Waals surface area contributed by atoms with Gasteiger partial charge in [0.15, 0.2) is 5.79 Å². The Labute approximate surface area is 180 Å². The highest BCUT2D eigenvalue weighted by Gasteiger charge is 2.64. The Morgan fingerprint density at radius 2 is 1.84 bits per heavy atom. The third-order valence-electron chi connectivity index (χ3n) is 8.11. The fraction of sp³-hybridized carbons (Fsp3) is 0.818. The van der Waals surface area contributed by atoms with Crippen LogP contribution in [-0.4, -0.2) is 84.0 Å². The van der Waals surface area contributed by atoms with Crippen LogP contribution in [0, 0.1) is 17.8 Å². The molecule has 0 aromatic carbocycles. The largest absolute Gasteiger partial charge is 0.461 e. The zero-order chi connectivity index (χ0) is 21.5. The highest BCUT2D eigenvalue weighted by atomic mass is 16.7. The fourth-order valence-corrected chi connectivity index (χ4v) is 6.31. The number of ether oxygens (including phenoxy) is 5. The highest BCUT2D eigenvalue weighted by Crippen LogP contribution is 2.51. The van der Waals surface area contributed by atoms with Gasteiger partial charge < -0.3 is 28.8 Å². The monoisotopic (exact) mass is 435 g/mol. The molecule has 170 valence electrons. The molecule has 4 saturated heterocycles. The lowest BCUT2D eigenvalue weighted by Crippen LogP contribution is -2.57. The predicted octanol–water partition coefficient (Wildman–Crippen LogP) is 0.351. The van der Waals surface area contributed by atoms with Crippen molar-refractivity contribution in [1.29, 1.82) is 0 Å². The van der Waals surface area contributed by atoms with Crippen LogP contribution in [0.3, 0.4) is 0 Å². The second kappa shape index (κ2) is 6.74. The van der Waals surface area contributed by atoms with Gasteiger partial charge in [0.1, 0.15) is 18.0 Å². The molecule has 1 aliphatic carbocycles. The van der Waals surface area contributed by atoms with E-state index in [0.717, 1.165) is 0 Å². The minimum Gasteiger partial charge on any atom is -0.461 e. The molecule has 6 aliphatic rings. The Kier molecular flexibility index (Phi) is 4.37. The van der Waals surface area contributed by atoms with Crippen molar-refractivity contribution in [2.24, 2.45) is 17.8 Å². The Bertz CT molecular complexity index is 827. The topological polar surface area (TPSA) is 107 Å². The minimum absolute atomic E-state index is 0.287. The molecule has 6 rings (SSSR count). The first-order valence-electron chi connectivity index (χ1n) is 11.3. The molecule has 1 spiro atoms. The first-order valence-corrected chi connectivity index (χ1v) is 11.3. The maximum atomic E-state index is 13.0. The summed E-state index contributed by atoms with van der Waals surface area (Å²) in [5.41, 5.74) is -0.597. The van der Waals surface area contributed by atoms with E-state index in [1.54, 1.807) is 0 Å². The van der Waals surface area contributed by atoms with Gasteiger partial charge in [-0.05, 0) is 13.0 Å². The van der Waals surface area contributed by atoms with Gasteiger partial charge in [0.2, 0.25) is 0 Å². The third-order valence-corrected chi connectivity index (χ3v) is 8.11. The molecular formula is C22H29NO8. The molecule has 0 aromatic rings. The van der Waals surface area contributed by atoms with Crippen molar-refractivity contribution in [1.82, 2.24) is 4.90 Å². The van der Waals surface area contributed by atoms with E-state index in [9.17, 15) is 14.7 Å². The molecule has 9 nitrogen and oxygen atoms in total. The van der Waals surface area contributed by atoms with Crippen molar-refractivity contribution in [3.63, 3.8) is 0 Å². The number of esters is 2. The average Bonchev–Trinajstić information content (AvgIpc) is 3.01. The van der Waals surface area contributed by atoms with Gasteiger partial charge in [0.25, 0.3) is 0 Å². The molecule has 8 unspecified atom stereocenters. The number of carbonyl (C=O) groups excluding carboxylic acids is 2. The maximum absolute atomic E-state index is 13.0. The summed E-state index contributed by atoms with van der Waals surface area (Å²) in [5.74, 6) is -2.05. The molecular weight excluding hydrogens is 406 g/mol. The molecule has 2 bridgehead atoms. The summed E-state index contributed by atoms with van der Waals surface area (Å²) < 4.78 is 29.0. The molecule has 0 saturated carbocycles. The van der Waals surface area contributed by atoms with Crippen molar-refractivity contribution >= 4 is 11.9 Å². The normalized spacial score (nSPS) is 48.6. The van der Waals surface area contributed by atoms with E-state index in [4.69, 9.17) is 23.7 Å². The highest BCUT2D eigenvalue weighted by molar-refractivity contribution is 5.81. The number of aliphatic hydroxyl groups excluding tert-OH is 1. The van der Waals surface area contributed by atoms with Gasteiger partial charge in [-0.15, -0.1) is 0 Å². The van der Waals surface area contributed by atoms with Gasteiger partial charge in [-0.3, -0.25) is 14.5 Å². The quantitative estimate of drug-likeness (QED) is 0.461. The van der Waals surface area contributed by atoms with Crippen LogP contribution in [0.5, 0.6) is 0 Å². The van der Waals surface area contributed by atoms with Crippen molar-refractivity contribution in [3.8, 4) is 0 Å². The summed E-state index contributed by atoms with van der Waals surface area (Å²) in [7, 11) is 0. The number of carbonyl (C=O) groups is 2. The lowest BCUT2D eigenvalue weighted by Gasteiger charge is -2.43. The summed E-state index contributed by atoms with van der Waals surface area (Å²) >= 11 is 0. The number of hydrogen-bond donors (Lipinski definition) is 1. The smallest absolute Gasteiger partial charge is 0.319 e. The van der Waals surface area contributed by atoms with E-state index < -0.39 is 47.6 Å². The molecule has 5 heterocycles. The Morgan fingerprint density at radius 1 is 1.13 bits per heavy atom. The molecule has 9 heteroatoms.